The zero-order chi connectivity index (χ0) is 8.48. The highest BCUT2D eigenvalue weighted by Gasteiger charge is 2.21. The Labute approximate surface area is 67.1 Å². The van der Waals surface area contributed by atoms with E-state index < -0.39 is 8.07 Å². The van der Waals surface area contributed by atoms with Crippen molar-refractivity contribution in [2.24, 2.45) is 0 Å². The predicted octanol–water partition coefficient (Wildman–Crippen LogP) is 0.712. The Bertz CT molecular complexity index is 239. The van der Waals surface area contributed by atoms with E-state index >= 15 is 0 Å². The molecule has 0 saturated heterocycles. The number of hydrogen-bond donors (Lipinski definition) is 1. The summed E-state index contributed by atoms with van der Waals surface area (Å²) in [4.78, 5) is 3.92. The van der Waals surface area contributed by atoms with E-state index in [9.17, 15) is 0 Å². The molecular formula is C7H13NO2Si. The summed E-state index contributed by atoms with van der Waals surface area (Å²) in [6.45, 7) is 6.42. The van der Waals surface area contributed by atoms with Crippen molar-refractivity contribution in [1.82, 2.24) is 4.98 Å². The molecule has 1 rings (SSSR count). The van der Waals surface area contributed by atoms with Crippen LogP contribution in [0.2, 0.25) is 19.6 Å². The standard InChI is InChI=1S/C7H13NO2Si/c1-11(2,3)7-4-8-6(5-9)10-7/h4,9H,5H2,1-3H3. The summed E-state index contributed by atoms with van der Waals surface area (Å²) in [5.74, 6) is 0.419. The molecule has 0 aliphatic rings. The lowest BCUT2D eigenvalue weighted by atomic mass is 10.7. The average molecular weight is 171 g/mol. The molecule has 0 atom stereocenters. The van der Waals surface area contributed by atoms with Crippen molar-refractivity contribution >= 4 is 13.5 Å². The van der Waals surface area contributed by atoms with Gasteiger partial charge in [-0.2, -0.15) is 0 Å². The molecular weight excluding hydrogens is 158 g/mol. The van der Waals surface area contributed by atoms with Crippen LogP contribution in [-0.4, -0.2) is 18.2 Å². The van der Waals surface area contributed by atoms with Crippen molar-refractivity contribution < 1.29 is 9.52 Å². The van der Waals surface area contributed by atoms with Gasteiger partial charge < -0.3 is 9.52 Å². The third kappa shape index (κ3) is 1.91. The molecule has 11 heavy (non-hydrogen) atoms. The number of hydrogen-bond acceptors (Lipinski definition) is 3. The van der Waals surface area contributed by atoms with Gasteiger partial charge in [-0.05, 0) is 0 Å². The Balaban J connectivity index is 2.89. The van der Waals surface area contributed by atoms with Gasteiger partial charge >= 0.3 is 0 Å². The zero-order valence-electron chi connectivity index (χ0n) is 7.09. The molecule has 0 unspecified atom stereocenters. The predicted molar refractivity (Wildman–Crippen MR) is 45.4 cm³/mol. The number of oxazole rings is 1. The first kappa shape index (κ1) is 8.48. The van der Waals surface area contributed by atoms with E-state index in [1.807, 2.05) is 0 Å². The Kier molecular flexibility index (Phi) is 2.15. The van der Waals surface area contributed by atoms with Crippen molar-refractivity contribution in [3.8, 4) is 0 Å². The lowest BCUT2D eigenvalue weighted by molar-refractivity contribution is 0.242. The summed E-state index contributed by atoms with van der Waals surface area (Å²) in [5.41, 5.74) is 0. The molecule has 1 aromatic rings. The van der Waals surface area contributed by atoms with Crippen molar-refractivity contribution in [3.63, 3.8) is 0 Å². The van der Waals surface area contributed by atoms with Gasteiger partial charge in [-0.1, -0.05) is 19.6 Å². The molecule has 0 spiro atoms. The first-order chi connectivity index (χ1) is 5.04. The monoisotopic (exact) mass is 171 g/mol. The van der Waals surface area contributed by atoms with E-state index in [0.717, 1.165) is 5.38 Å². The molecule has 0 aliphatic heterocycles. The van der Waals surface area contributed by atoms with E-state index in [2.05, 4.69) is 24.6 Å². The molecule has 0 fully saturated rings. The lowest BCUT2D eigenvalue weighted by Gasteiger charge is -2.09. The Morgan fingerprint density at radius 2 is 2.18 bits per heavy atom. The van der Waals surface area contributed by atoms with Crippen molar-refractivity contribution in [3.05, 3.63) is 12.1 Å². The maximum atomic E-state index is 8.68. The van der Waals surface area contributed by atoms with Crippen molar-refractivity contribution in [2.45, 2.75) is 26.2 Å². The van der Waals surface area contributed by atoms with E-state index in [-0.39, 0.29) is 6.61 Å². The SMILES string of the molecule is C[Si](C)(C)c1cnc(CO)o1. The van der Waals surface area contributed by atoms with Gasteiger partial charge in [0.2, 0.25) is 5.89 Å². The highest BCUT2D eigenvalue weighted by molar-refractivity contribution is 6.87. The lowest BCUT2D eigenvalue weighted by Crippen LogP contribution is -2.36. The maximum Gasteiger partial charge on any atom is 0.219 e. The first-order valence-corrected chi connectivity index (χ1v) is 7.10. The summed E-state index contributed by atoms with van der Waals surface area (Å²) in [7, 11) is -1.37. The summed E-state index contributed by atoms with van der Waals surface area (Å²) in [6, 6.07) is 0. The maximum absolute atomic E-state index is 8.68. The largest absolute Gasteiger partial charge is 0.448 e. The normalized spacial score (nSPS) is 12.0. The van der Waals surface area contributed by atoms with Gasteiger partial charge in [0.15, 0.2) is 0 Å². The fourth-order valence-corrected chi connectivity index (χ4v) is 1.61. The molecule has 0 aromatic carbocycles. The number of rotatable bonds is 2. The number of aromatic nitrogens is 1. The van der Waals surface area contributed by atoms with Crippen LogP contribution in [-0.2, 0) is 6.61 Å². The van der Waals surface area contributed by atoms with Crippen LogP contribution in [0.3, 0.4) is 0 Å². The van der Waals surface area contributed by atoms with Crippen molar-refractivity contribution in [2.75, 3.05) is 0 Å². The minimum Gasteiger partial charge on any atom is -0.448 e. The fourth-order valence-electron chi connectivity index (χ4n) is 0.730. The van der Waals surface area contributed by atoms with Gasteiger partial charge in [-0.15, -0.1) is 0 Å². The first-order valence-electron chi connectivity index (χ1n) is 3.60. The number of aliphatic hydroxyl groups excluding tert-OH is 1. The second-order valence-corrected chi connectivity index (χ2v) is 8.52. The van der Waals surface area contributed by atoms with Crippen LogP contribution in [0.25, 0.3) is 0 Å². The smallest absolute Gasteiger partial charge is 0.219 e. The minimum absolute atomic E-state index is 0.107. The fraction of sp³-hybridized carbons (Fsp3) is 0.571. The Morgan fingerprint density at radius 1 is 1.55 bits per heavy atom. The molecule has 0 bridgehead atoms. The van der Waals surface area contributed by atoms with Gasteiger partial charge in [0.1, 0.15) is 20.1 Å². The van der Waals surface area contributed by atoms with Crippen LogP contribution in [0, 0.1) is 0 Å². The van der Waals surface area contributed by atoms with Crippen molar-refractivity contribution in [1.29, 1.82) is 0 Å². The van der Waals surface area contributed by atoms with Gasteiger partial charge in [0.25, 0.3) is 0 Å². The summed E-state index contributed by atoms with van der Waals surface area (Å²) < 4.78 is 5.30. The highest BCUT2D eigenvalue weighted by Crippen LogP contribution is 2.03. The van der Waals surface area contributed by atoms with Crippen LogP contribution in [0.5, 0.6) is 0 Å². The molecule has 0 amide bonds. The molecule has 0 aliphatic carbocycles. The van der Waals surface area contributed by atoms with E-state index in [1.165, 1.54) is 0 Å². The molecule has 3 nitrogen and oxygen atoms in total. The molecule has 1 N–H and O–H groups in total. The molecule has 0 radical (unpaired) electrons. The highest BCUT2D eigenvalue weighted by atomic mass is 28.3. The van der Waals surface area contributed by atoms with E-state index in [4.69, 9.17) is 9.52 Å². The minimum atomic E-state index is -1.37. The van der Waals surface area contributed by atoms with Gasteiger partial charge in [0.05, 0.1) is 6.20 Å². The summed E-state index contributed by atoms with van der Waals surface area (Å²) in [6.07, 6.45) is 1.72. The third-order valence-electron chi connectivity index (χ3n) is 1.43. The van der Waals surface area contributed by atoms with Gasteiger partial charge in [-0.25, -0.2) is 4.98 Å². The molecule has 0 saturated carbocycles. The molecule has 1 heterocycles. The number of aliphatic hydroxyl groups is 1. The van der Waals surface area contributed by atoms with Crippen LogP contribution in [0.4, 0.5) is 0 Å². The topological polar surface area (TPSA) is 46.3 Å². The molecule has 4 heteroatoms. The van der Waals surface area contributed by atoms with E-state index in [1.54, 1.807) is 6.20 Å². The van der Waals surface area contributed by atoms with Gasteiger partial charge in [0, 0.05) is 0 Å². The Morgan fingerprint density at radius 3 is 2.45 bits per heavy atom. The van der Waals surface area contributed by atoms with Crippen LogP contribution in [0.15, 0.2) is 10.6 Å². The van der Waals surface area contributed by atoms with Crippen LogP contribution >= 0.6 is 0 Å². The second-order valence-electron chi connectivity index (χ2n) is 3.53. The summed E-state index contributed by atoms with van der Waals surface area (Å²) >= 11 is 0. The molecule has 1 aromatic heterocycles. The average Bonchev–Trinajstić information content (AvgIpc) is 2.32. The second kappa shape index (κ2) is 2.79. The Hall–Kier alpha value is -0.613. The number of nitrogens with zero attached hydrogens (tertiary/aromatic N) is 1. The van der Waals surface area contributed by atoms with E-state index in [0.29, 0.717) is 5.89 Å². The third-order valence-corrected chi connectivity index (χ3v) is 3.14. The summed E-state index contributed by atoms with van der Waals surface area (Å²) in [5, 5.41) is 9.62. The van der Waals surface area contributed by atoms with Crippen LogP contribution < -0.4 is 5.38 Å². The quantitative estimate of drug-likeness (QED) is 0.667. The molecule has 62 valence electrons. The van der Waals surface area contributed by atoms with Crippen LogP contribution in [0.1, 0.15) is 5.89 Å². The zero-order valence-corrected chi connectivity index (χ0v) is 8.09. The van der Waals surface area contributed by atoms with Gasteiger partial charge in [-0.3, -0.25) is 0 Å².